The van der Waals surface area contributed by atoms with E-state index in [2.05, 4.69) is 34.5 Å². The lowest BCUT2D eigenvalue weighted by atomic mass is 10.1. The van der Waals surface area contributed by atoms with Crippen molar-refractivity contribution in [2.45, 2.75) is 6.42 Å². The van der Waals surface area contributed by atoms with Gasteiger partial charge in [0, 0.05) is 49.6 Å². The Bertz CT molecular complexity index is 959. The molecule has 2 aromatic carbocycles. The third-order valence-electron chi connectivity index (χ3n) is 4.61. The molecule has 0 spiro atoms. The van der Waals surface area contributed by atoms with E-state index in [4.69, 9.17) is 5.10 Å². The van der Waals surface area contributed by atoms with Crippen LogP contribution >= 0.6 is 0 Å². The first kappa shape index (κ1) is 16.1. The smallest absolute Gasteiger partial charge is 0.269 e. The number of anilines is 2. The standard InChI is InChI=1S/C19H19N5O2/c1-22(2)14-5-3-13(4-6-14)18-17-11-12-20-19(17)23(21-18)15-7-9-16(10-8-15)24(25)26/h3-10,20H,11-12H2,1-2H3. The van der Waals surface area contributed by atoms with Crippen LogP contribution < -0.4 is 10.2 Å². The summed E-state index contributed by atoms with van der Waals surface area (Å²) in [6, 6.07) is 14.8. The molecule has 0 bridgehead atoms. The molecule has 0 aliphatic carbocycles. The van der Waals surface area contributed by atoms with Crippen LogP contribution in [0.15, 0.2) is 48.5 Å². The molecule has 0 saturated heterocycles. The van der Waals surface area contributed by atoms with E-state index in [9.17, 15) is 10.1 Å². The number of aromatic nitrogens is 2. The average Bonchev–Trinajstić information content (AvgIpc) is 3.24. The zero-order chi connectivity index (χ0) is 18.3. The van der Waals surface area contributed by atoms with E-state index in [0.717, 1.165) is 41.4 Å². The number of nitro benzene ring substituents is 1. The second-order valence-corrected chi connectivity index (χ2v) is 6.48. The summed E-state index contributed by atoms with van der Waals surface area (Å²) in [7, 11) is 4.03. The third kappa shape index (κ3) is 2.67. The number of nitro groups is 1. The van der Waals surface area contributed by atoms with Crippen LogP contribution in [0.3, 0.4) is 0 Å². The molecule has 0 atom stereocenters. The zero-order valence-corrected chi connectivity index (χ0v) is 14.6. The van der Waals surface area contributed by atoms with E-state index >= 15 is 0 Å². The van der Waals surface area contributed by atoms with Gasteiger partial charge < -0.3 is 10.2 Å². The molecule has 0 radical (unpaired) electrons. The molecule has 3 aromatic rings. The minimum absolute atomic E-state index is 0.0741. The second-order valence-electron chi connectivity index (χ2n) is 6.48. The lowest BCUT2D eigenvalue weighted by molar-refractivity contribution is -0.384. The Balaban J connectivity index is 1.76. The van der Waals surface area contributed by atoms with Crippen molar-refractivity contribution in [3.05, 3.63) is 64.2 Å². The quantitative estimate of drug-likeness (QED) is 0.576. The Morgan fingerprint density at radius 1 is 1.12 bits per heavy atom. The van der Waals surface area contributed by atoms with Crippen LogP contribution in [0.2, 0.25) is 0 Å². The van der Waals surface area contributed by atoms with Crippen molar-refractivity contribution >= 4 is 17.2 Å². The Morgan fingerprint density at radius 3 is 2.42 bits per heavy atom. The van der Waals surface area contributed by atoms with E-state index < -0.39 is 4.92 Å². The summed E-state index contributed by atoms with van der Waals surface area (Å²) >= 11 is 0. The fourth-order valence-corrected chi connectivity index (χ4v) is 3.23. The van der Waals surface area contributed by atoms with Crippen LogP contribution in [-0.4, -0.2) is 35.3 Å². The average molecular weight is 349 g/mol. The van der Waals surface area contributed by atoms with Gasteiger partial charge >= 0.3 is 0 Å². The van der Waals surface area contributed by atoms with Gasteiger partial charge in [0.25, 0.3) is 5.69 Å². The van der Waals surface area contributed by atoms with Crippen LogP contribution in [0.1, 0.15) is 5.56 Å². The largest absolute Gasteiger partial charge is 0.378 e. The highest BCUT2D eigenvalue weighted by Gasteiger charge is 2.24. The van der Waals surface area contributed by atoms with Gasteiger partial charge in [-0.2, -0.15) is 5.10 Å². The highest BCUT2D eigenvalue weighted by atomic mass is 16.6. The number of rotatable bonds is 4. The molecule has 0 amide bonds. The molecule has 1 aliphatic rings. The van der Waals surface area contributed by atoms with Gasteiger partial charge in [0.1, 0.15) is 5.82 Å². The molecular formula is C19H19N5O2. The molecule has 26 heavy (non-hydrogen) atoms. The fourth-order valence-electron chi connectivity index (χ4n) is 3.23. The van der Waals surface area contributed by atoms with Gasteiger partial charge in [-0.15, -0.1) is 0 Å². The predicted molar refractivity (Wildman–Crippen MR) is 102 cm³/mol. The van der Waals surface area contributed by atoms with E-state index in [1.165, 1.54) is 17.7 Å². The molecule has 0 unspecified atom stereocenters. The molecule has 1 aromatic heterocycles. The summed E-state index contributed by atoms with van der Waals surface area (Å²) in [5.74, 6) is 0.963. The molecule has 132 valence electrons. The van der Waals surface area contributed by atoms with E-state index in [1.54, 1.807) is 12.1 Å². The number of non-ortho nitro benzene ring substituents is 1. The summed E-state index contributed by atoms with van der Waals surface area (Å²) in [5, 5.41) is 19.0. The van der Waals surface area contributed by atoms with E-state index in [0.29, 0.717) is 0 Å². The summed E-state index contributed by atoms with van der Waals surface area (Å²) < 4.78 is 1.83. The minimum Gasteiger partial charge on any atom is -0.378 e. The van der Waals surface area contributed by atoms with Gasteiger partial charge in [0.15, 0.2) is 0 Å². The maximum absolute atomic E-state index is 10.9. The van der Waals surface area contributed by atoms with Gasteiger partial charge in [-0.1, -0.05) is 12.1 Å². The predicted octanol–water partition coefficient (Wildman–Crippen LogP) is 3.48. The number of hydrogen-bond donors (Lipinski definition) is 1. The summed E-state index contributed by atoms with van der Waals surface area (Å²) in [6.07, 6.45) is 0.910. The van der Waals surface area contributed by atoms with Crippen LogP contribution in [0.5, 0.6) is 0 Å². The highest BCUT2D eigenvalue weighted by Crippen LogP contribution is 2.35. The molecule has 4 rings (SSSR count). The van der Waals surface area contributed by atoms with Crippen molar-refractivity contribution < 1.29 is 4.92 Å². The lowest BCUT2D eigenvalue weighted by Gasteiger charge is -2.12. The SMILES string of the molecule is CN(C)c1ccc(-c2nn(-c3ccc([N+](=O)[O-])cc3)c3c2CCN3)cc1. The van der Waals surface area contributed by atoms with Crippen molar-refractivity contribution in [1.82, 2.24) is 9.78 Å². The Kier molecular flexibility index (Phi) is 3.84. The fraction of sp³-hybridized carbons (Fsp3) is 0.211. The first-order valence-electron chi connectivity index (χ1n) is 8.43. The Hall–Kier alpha value is -3.35. The monoisotopic (exact) mass is 349 g/mol. The van der Waals surface area contributed by atoms with E-state index in [-0.39, 0.29) is 5.69 Å². The topological polar surface area (TPSA) is 76.2 Å². The molecule has 7 heteroatoms. The first-order chi connectivity index (χ1) is 12.5. The Labute approximate surface area is 151 Å². The third-order valence-corrected chi connectivity index (χ3v) is 4.61. The molecule has 2 heterocycles. The number of fused-ring (bicyclic) bond motifs is 1. The summed E-state index contributed by atoms with van der Waals surface area (Å²) in [5.41, 5.74) is 5.21. The number of nitrogens with one attached hydrogen (secondary N) is 1. The zero-order valence-electron chi connectivity index (χ0n) is 14.6. The molecule has 1 aliphatic heterocycles. The van der Waals surface area contributed by atoms with Crippen molar-refractivity contribution in [3.8, 4) is 16.9 Å². The van der Waals surface area contributed by atoms with E-state index in [1.807, 2.05) is 18.8 Å². The van der Waals surface area contributed by atoms with Crippen LogP contribution in [0, 0.1) is 10.1 Å². The second kappa shape index (κ2) is 6.18. The molecule has 0 saturated carbocycles. The van der Waals surface area contributed by atoms with Crippen LogP contribution in [-0.2, 0) is 6.42 Å². The molecule has 0 fully saturated rings. The highest BCUT2D eigenvalue weighted by molar-refractivity contribution is 5.74. The van der Waals surface area contributed by atoms with Gasteiger partial charge in [-0.05, 0) is 30.7 Å². The molecular weight excluding hydrogens is 330 g/mol. The number of nitrogens with zero attached hydrogens (tertiary/aromatic N) is 4. The van der Waals surface area contributed by atoms with Crippen LogP contribution in [0.25, 0.3) is 16.9 Å². The van der Waals surface area contributed by atoms with Crippen molar-refractivity contribution in [1.29, 1.82) is 0 Å². The number of hydrogen-bond acceptors (Lipinski definition) is 5. The molecule has 7 nitrogen and oxygen atoms in total. The molecule has 1 N–H and O–H groups in total. The normalized spacial score (nSPS) is 12.5. The first-order valence-corrected chi connectivity index (χ1v) is 8.43. The minimum atomic E-state index is -0.396. The van der Waals surface area contributed by atoms with Gasteiger partial charge in [0.2, 0.25) is 0 Å². The van der Waals surface area contributed by atoms with Crippen molar-refractivity contribution in [2.75, 3.05) is 30.9 Å². The number of benzene rings is 2. The summed E-state index contributed by atoms with van der Waals surface area (Å²) in [4.78, 5) is 12.5. The maximum atomic E-state index is 10.9. The van der Waals surface area contributed by atoms with Crippen molar-refractivity contribution in [2.24, 2.45) is 0 Å². The van der Waals surface area contributed by atoms with Crippen molar-refractivity contribution in [3.63, 3.8) is 0 Å². The lowest BCUT2D eigenvalue weighted by Crippen LogP contribution is -2.08. The maximum Gasteiger partial charge on any atom is 0.269 e. The van der Waals surface area contributed by atoms with Gasteiger partial charge in [0.05, 0.1) is 16.3 Å². The van der Waals surface area contributed by atoms with Gasteiger partial charge in [-0.3, -0.25) is 10.1 Å². The summed E-state index contributed by atoms with van der Waals surface area (Å²) in [6.45, 7) is 0.864. The van der Waals surface area contributed by atoms with Crippen LogP contribution in [0.4, 0.5) is 17.2 Å². The Morgan fingerprint density at radius 2 is 1.81 bits per heavy atom. The van der Waals surface area contributed by atoms with Gasteiger partial charge in [-0.25, -0.2) is 4.68 Å².